The van der Waals surface area contributed by atoms with Gasteiger partial charge in [0.1, 0.15) is 0 Å². The van der Waals surface area contributed by atoms with Gasteiger partial charge in [-0.05, 0) is 6.92 Å². The van der Waals surface area contributed by atoms with E-state index < -0.39 is 11.7 Å². The maximum absolute atomic E-state index is 10.8. The topological polar surface area (TPSA) is 74.6 Å². The van der Waals surface area contributed by atoms with Gasteiger partial charge in [-0.2, -0.15) is 0 Å². The van der Waals surface area contributed by atoms with Crippen LogP contribution in [0, 0.1) is 0 Å². The van der Waals surface area contributed by atoms with Crippen molar-refractivity contribution >= 4 is 11.8 Å². The maximum atomic E-state index is 10.8. The molecule has 0 amide bonds. The van der Waals surface area contributed by atoms with E-state index in [0.29, 0.717) is 0 Å². The molecule has 0 atom stereocenters. The van der Waals surface area contributed by atoms with E-state index in [0.717, 1.165) is 0 Å². The number of allylic oxidation sites excluding steroid dienone is 1. The summed E-state index contributed by atoms with van der Waals surface area (Å²) in [6.07, 6.45) is 0.198. The molecule has 0 saturated carbocycles. The SMILES string of the molecule is CCC(=O)/C(C)=C(\O)C(=O)O. The second kappa shape index (κ2) is 3.75. The first-order chi connectivity index (χ1) is 5.00. The second-order valence-electron chi connectivity index (χ2n) is 2.06. The smallest absolute Gasteiger partial charge is 0.371 e. The summed E-state index contributed by atoms with van der Waals surface area (Å²) in [4.78, 5) is 20.9. The van der Waals surface area contributed by atoms with Gasteiger partial charge in [0.2, 0.25) is 5.76 Å². The Kier molecular flexibility index (Phi) is 3.30. The van der Waals surface area contributed by atoms with Gasteiger partial charge in [0.25, 0.3) is 0 Å². The zero-order valence-corrected chi connectivity index (χ0v) is 6.42. The normalized spacial score (nSPS) is 12.2. The molecule has 0 aliphatic heterocycles. The molecule has 0 heterocycles. The Morgan fingerprint density at radius 2 is 1.73 bits per heavy atom. The van der Waals surface area contributed by atoms with E-state index in [1.165, 1.54) is 6.92 Å². The van der Waals surface area contributed by atoms with Gasteiger partial charge >= 0.3 is 5.97 Å². The van der Waals surface area contributed by atoms with E-state index in [-0.39, 0.29) is 17.8 Å². The average Bonchev–Trinajstić information content (AvgIpc) is 2.00. The van der Waals surface area contributed by atoms with Crippen LogP contribution < -0.4 is 0 Å². The Morgan fingerprint density at radius 1 is 1.27 bits per heavy atom. The minimum atomic E-state index is -1.47. The van der Waals surface area contributed by atoms with Crippen molar-refractivity contribution in [2.75, 3.05) is 0 Å². The van der Waals surface area contributed by atoms with E-state index >= 15 is 0 Å². The van der Waals surface area contributed by atoms with Crippen molar-refractivity contribution in [1.82, 2.24) is 0 Å². The molecule has 0 spiro atoms. The molecular formula is C7H10O4. The maximum Gasteiger partial charge on any atom is 0.371 e. The van der Waals surface area contributed by atoms with Crippen molar-refractivity contribution in [1.29, 1.82) is 0 Å². The summed E-state index contributed by atoms with van der Waals surface area (Å²) in [5.41, 5.74) is -0.0972. The van der Waals surface area contributed by atoms with Gasteiger partial charge in [0.05, 0.1) is 0 Å². The lowest BCUT2D eigenvalue weighted by Gasteiger charge is -1.97. The Labute approximate surface area is 64.2 Å². The van der Waals surface area contributed by atoms with Crippen molar-refractivity contribution in [3.8, 4) is 0 Å². The first kappa shape index (κ1) is 9.68. The first-order valence-electron chi connectivity index (χ1n) is 3.17. The molecule has 0 rings (SSSR count). The van der Waals surface area contributed by atoms with Gasteiger partial charge < -0.3 is 10.2 Å². The van der Waals surface area contributed by atoms with Crippen LogP contribution in [0.5, 0.6) is 0 Å². The zero-order chi connectivity index (χ0) is 9.02. The quantitative estimate of drug-likeness (QED) is 0.472. The van der Waals surface area contributed by atoms with Crippen LogP contribution in [0.4, 0.5) is 0 Å². The fraction of sp³-hybridized carbons (Fsp3) is 0.429. The zero-order valence-electron chi connectivity index (χ0n) is 6.42. The molecule has 0 bridgehead atoms. The molecular weight excluding hydrogens is 148 g/mol. The van der Waals surface area contributed by atoms with Gasteiger partial charge in [0.15, 0.2) is 5.78 Å². The van der Waals surface area contributed by atoms with Crippen molar-refractivity contribution in [2.24, 2.45) is 0 Å². The molecule has 0 unspecified atom stereocenters. The molecule has 0 saturated heterocycles. The molecule has 0 aromatic carbocycles. The van der Waals surface area contributed by atoms with Crippen LogP contribution in [0.2, 0.25) is 0 Å². The number of hydrogen-bond donors (Lipinski definition) is 2. The van der Waals surface area contributed by atoms with E-state index in [4.69, 9.17) is 10.2 Å². The van der Waals surface area contributed by atoms with Gasteiger partial charge in [-0.3, -0.25) is 4.79 Å². The highest BCUT2D eigenvalue weighted by molar-refractivity contribution is 6.01. The fourth-order valence-electron chi connectivity index (χ4n) is 0.558. The largest absolute Gasteiger partial charge is 0.502 e. The summed E-state index contributed by atoms with van der Waals surface area (Å²) in [6, 6.07) is 0. The lowest BCUT2D eigenvalue weighted by atomic mass is 10.1. The summed E-state index contributed by atoms with van der Waals surface area (Å²) >= 11 is 0. The standard InChI is InChI=1S/C7H10O4/c1-3-5(8)4(2)6(9)7(10)11/h9H,3H2,1-2H3,(H,10,11)/b6-4-. The van der Waals surface area contributed by atoms with Crippen molar-refractivity contribution < 1.29 is 19.8 Å². The summed E-state index contributed by atoms with van der Waals surface area (Å²) in [5, 5.41) is 17.0. The third-order valence-electron chi connectivity index (χ3n) is 1.30. The number of carbonyl (C=O) groups is 2. The summed E-state index contributed by atoms with van der Waals surface area (Å²) in [7, 11) is 0. The van der Waals surface area contributed by atoms with Crippen LogP contribution in [0.1, 0.15) is 20.3 Å². The Bertz CT molecular complexity index is 214. The molecule has 0 radical (unpaired) electrons. The molecule has 11 heavy (non-hydrogen) atoms. The van der Waals surface area contributed by atoms with Crippen LogP contribution in [0.25, 0.3) is 0 Å². The first-order valence-corrected chi connectivity index (χ1v) is 3.17. The Morgan fingerprint density at radius 3 is 2.00 bits per heavy atom. The number of carboxylic acids is 1. The molecule has 0 aliphatic carbocycles. The lowest BCUT2D eigenvalue weighted by molar-refractivity contribution is -0.136. The third-order valence-corrected chi connectivity index (χ3v) is 1.30. The number of carboxylic acid groups (broad SMARTS) is 1. The number of hydrogen-bond acceptors (Lipinski definition) is 3. The molecule has 4 nitrogen and oxygen atoms in total. The lowest BCUT2D eigenvalue weighted by Crippen LogP contribution is -2.08. The Hall–Kier alpha value is -1.32. The molecule has 0 aromatic heterocycles. The highest BCUT2D eigenvalue weighted by atomic mass is 16.4. The second-order valence-corrected chi connectivity index (χ2v) is 2.06. The van der Waals surface area contributed by atoms with E-state index in [2.05, 4.69) is 0 Å². The van der Waals surface area contributed by atoms with Gasteiger partial charge in [-0.25, -0.2) is 4.79 Å². The number of carbonyl (C=O) groups excluding carboxylic acids is 1. The molecule has 0 fully saturated rings. The van der Waals surface area contributed by atoms with Crippen LogP contribution in [-0.2, 0) is 9.59 Å². The fourth-order valence-corrected chi connectivity index (χ4v) is 0.558. The number of Topliss-reactive ketones (excluding diaryl/α,β-unsaturated/α-hetero) is 1. The minimum absolute atomic E-state index is 0.0972. The van der Waals surface area contributed by atoms with Gasteiger partial charge in [0, 0.05) is 12.0 Å². The molecule has 0 aromatic rings. The van der Waals surface area contributed by atoms with Gasteiger partial charge in [-0.15, -0.1) is 0 Å². The number of aliphatic hydroxyl groups is 1. The van der Waals surface area contributed by atoms with Crippen molar-refractivity contribution in [3.63, 3.8) is 0 Å². The van der Waals surface area contributed by atoms with Crippen LogP contribution in [0.3, 0.4) is 0 Å². The highest BCUT2D eigenvalue weighted by Gasteiger charge is 2.13. The number of aliphatic hydroxyl groups excluding tert-OH is 1. The number of ketones is 1. The minimum Gasteiger partial charge on any atom is -0.502 e. The molecule has 2 N–H and O–H groups in total. The monoisotopic (exact) mass is 158 g/mol. The Balaban J connectivity index is 4.66. The van der Waals surface area contributed by atoms with Crippen LogP contribution in [0.15, 0.2) is 11.3 Å². The van der Waals surface area contributed by atoms with Crippen LogP contribution >= 0.6 is 0 Å². The highest BCUT2D eigenvalue weighted by Crippen LogP contribution is 2.03. The van der Waals surface area contributed by atoms with Crippen molar-refractivity contribution in [2.45, 2.75) is 20.3 Å². The third kappa shape index (κ3) is 2.41. The number of aliphatic carboxylic acids is 1. The van der Waals surface area contributed by atoms with Crippen LogP contribution in [-0.4, -0.2) is 22.0 Å². The van der Waals surface area contributed by atoms with E-state index in [1.54, 1.807) is 6.92 Å². The predicted molar refractivity (Wildman–Crippen MR) is 38.3 cm³/mol. The van der Waals surface area contributed by atoms with Crippen molar-refractivity contribution in [3.05, 3.63) is 11.3 Å². The molecule has 62 valence electrons. The predicted octanol–water partition coefficient (Wildman–Crippen LogP) is 0.882. The molecule has 4 heteroatoms. The summed E-state index contributed by atoms with van der Waals surface area (Å²) in [5.74, 6) is -2.69. The average molecular weight is 158 g/mol. The molecule has 0 aliphatic rings. The van der Waals surface area contributed by atoms with E-state index in [9.17, 15) is 9.59 Å². The van der Waals surface area contributed by atoms with E-state index in [1.807, 2.05) is 0 Å². The van der Waals surface area contributed by atoms with Gasteiger partial charge in [-0.1, -0.05) is 6.92 Å². The summed E-state index contributed by atoms with van der Waals surface area (Å²) < 4.78 is 0. The summed E-state index contributed by atoms with van der Waals surface area (Å²) in [6.45, 7) is 2.89. The number of rotatable bonds is 3.